The average molecular weight is 465 g/mol. The van der Waals surface area contributed by atoms with Crippen LogP contribution in [0.15, 0.2) is 42.5 Å². The van der Waals surface area contributed by atoms with Crippen molar-refractivity contribution in [3.63, 3.8) is 0 Å². The topological polar surface area (TPSA) is 69.1 Å². The fourth-order valence-electron chi connectivity index (χ4n) is 4.68. The number of para-hydroxylation sites is 2. The number of fused-ring (bicyclic) bond motifs is 2. The number of amides is 1. The molecule has 7 nitrogen and oxygen atoms in total. The smallest absolute Gasteiger partial charge is 0.410 e. The van der Waals surface area contributed by atoms with E-state index in [0.29, 0.717) is 18.9 Å². The van der Waals surface area contributed by atoms with Crippen LogP contribution < -0.4 is 9.64 Å². The summed E-state index contributed by atoms with van der Waals surface area (Å²) in [6.07, 6.45) is 1.43. The normalized spacial score (nSPS) is 15.8. The Labute approximate surface area is 202 Å². The predicted octanol–water partition coefficient (Wildman–Crippen LogP) is 6.00. The average Bonchev–Trinajstić information content (AvgIpc) is 2.82. The Hall–Kier alpha value is -3.22. The van der Waals surface area contributed by atoms with Crippen LogP contribution >= 0.6 is 0 Å². The van der Waals surface area contributed by atoms with E-state index >= 15 is 0 Å². The van der Waals surface area contributed by atoms with Crippen LogP contribution in [-0.2, 0) is 4.74 Å². The number of benzene rings is 2. The fraction of sp³-hybridized carbons (Fsp3) is 0.481. The maximum absolute atomic E-state index is 12.5. The second kappa shape index (κ2) is 9.57. The Kier molecular flexibility index (Phi) is 6.73. The molecule has 2 aromatic rings. The zero-order chi connectivity index (χ0) is 24.5. The van der Waals surface area contributed by atoms with Gasteiger partial charge in [-0.25, -0.2) is 4.79 Å². The van der Waals surface area contributed by atoms with Gasteiger partial charge < -0.3 is 24.2 Å². The van der Waals surface area contributed by atoms with Gasteiger partial charge in [0.25, 0.3) is 0 Å². The zero-order valence-corrected chi connectivity index (χ0v) is 20.9. The minimum atomic E-state index is -0.493. The number of likely N-dealkylation sites (tertiary alicyclic amines) is 1. The number of carbonyl (C=O) groups is 1. The van der Waals surface area contributed by atoms with E-state index in [1.807, 2.05) is 60.9 Å². The van der Waals surface area contributed by atoms with Gasteiger partial charge in [-0.05, 0) is 77.8 Å². The molecule has 0 radical (unpaired) electrons. The molecule has 34 heavy (non-hydrogen) atoms. The van der Waals surface area contributed by atoms with Gasteiger partial charge in [-0.2, -0.15) is 0 Å². The molecule has 1 amide bonds. The van der Waals surface area contributed by atoms with Crippen molar-refractivity contribution in [1.29, 1.82) is 5.41 Å². The molecule has 1 fully saturated rings. The lowest BCUT2D eigenvalue weighted by Crippen LogP contribution is -2.47. The van der Waals surface area contributed by atoms with Crippen LogP contribution in [0.25, 0.3) is 0 Å². The SMILES string of the molecule is CCN(CC)C(=N)c1ccc2c(c1)Oc1ccccc1N2C1CCN(C(=O)OC(C)(C)C)CC1. The van der Waals surface area contributed by atoms with E-state index in [1.54, 1.807) is 0 Å². The third kappa shape index (κ3) is 4.83. The van der Waals surface area contributed by atoms with E-state index in [4.69, 9.17) is 14.9 Å². The molecule has 4 rings (SSSR count). The van der Waals surface area contributed by atoms with Crippen molar-refractivity contribution in [3.8, 4) is 11.5 Å². The minimum Gasteiger partial charge on any atom is -0.453 e. The Morgan fingerprint density at radius 2 is 1.71 bits per heavy atom. The summed E-state index contributed by atoms with van der Waals surface area (Å²) in [6, 6.07) is 14.4. The van der Waals surface area contributed by atoms with Gasteiger partial charge in [0.1, 0.15) is 11.4 Å². The first-order valence-corrected chi connectivity index (χ1v) is 12.2. The maximum atomic E-state index is 12.5. The third-order valence-corrected chi connectivity index (χ3v) is 6.40. The van der Waals surface area contributed by atoms with E-state index < -0.39 is 5.60 Å². The van der Waals surface area contributed by atoms with Gasteiger partial charge in [0.05, 0.1) is 11.4 Å². The maximum Gasteiger partial charge on any atom is 0.410 e. The summed E-state index contributed by atoms with van der Waals surface area (Å²) in [7, 11) is 0. The number of rotatable bonds is 4. The van der Waals surface area contributed by atoms with E-state index in [0.717, 1.165) is 54.4 Å². The summed E-state index contributed by atoms with van der Waals surface area (Å²) in [6.45, 7) is 12.7. The Balaban J connectivity index is 1.59. The van der Waals surface area contributed by atoms with Gasteiger partial charge in [0.2, 0.25) is 0 Å². The molecular formula is C27H36N4O3. The van der Waals surface area contributed by atoms with E-state index in [1.165, 1.54) is 0 Å². The first-order chi connectivity index (χ1) is 16.2. The fourth-order valence-corrected chi connectivity index (χ4v) is 4.68. The summed E-state index contributed by atoms with van der Waals surface area (Å²) in [5, 5.41) is 8.63. The van der Waals surface area contributed by atoms with E-state index in [-0.39, 0.29) is 12.1 Å². The number of nitrogens with zero attached hydrogens (tertiary/aromatic N) is 3. The summed E-state index contributed by atoms with van der Waals surface area (Å²) in [4.78, 5) is 18.7. The molecule has 7 heteroatoms. The summed E-state index contributed by atoms with van der Waals surface area (Å²) in [5.41, 5.74) is 2.40. The number of amidine groups is 1. The second-order valence-electron chi connectivity index (χ2n) is 9.84. The quantitative estimate of drug-likeness (QED) is 0.444. The predicted molar refractivity (Wildman–Crippen MR) is 136 cm³/mol. The largest absolute Gasteiger partial charge is 0.453 e. The molecule has 182 valence electrons. The number of ether oxygens (including phenoxy) is 2. The molecule has 2 aromatic carbocycles. The molecule has 0 bridgehead atoms. The van der Waals surface area contributed by atoms with Gasteiger partial charge in [-0.1, -0.05) is 12.1 Å². The highest BCUT2D eigenvalue weighted by atomic mass is 16.6. The van der Waals surface area contributed by atoms with Gasteiger partial charge >= 0.3 is 6.09 Å². The molecule has 0 atom stereocenters. The Bertz CT molecular complexity index is 1050. The third-order valence-electron chi connectivity index (χ3n) is 6.40. The standard InChI is InChI=1S/C27H36N4O3/c1-6-29(7-2)25(28)19-12-13-22-24(18-19)33-23-11-9-8-10-21(23)31(22)20-14-16-30(17-15-20)26(32)34-27(3,4)5/h8-13,18,20,28H,6-7,14-17H2,1-5H3. The van der Waals surface area contributed by atoms with Crippen LogP contribution in [0.5, 0.6) is 11.5 Å². The molecule has 1 saturated heterocycles. The van der Waals surface area contributed by atoms with Crippen molar-refractivity contribution in [1.82, 2.24) is 9.80 Å². The minimum absolute atomic E-state index is 0.232. The molecule has 0 aliphatic carbocycles. The molecular weight excluding hydrogens is 428 g/mol. The summed E-state index contributed by atoms with van der Waals surface area (Å²) in [5.74, 6) is 2.09. The Morgan fingerprint density at radius 3 is 2.35 bits per heavy atom. The zero-order valence-electron chi connectivity index (χ0n) is 20.9. The van der Waals surface area contributed by atoms with Crippen molar-refractivity contribution < 1.29 is 14.3 Å². The lowest BCUT2D eigenvalue weighted by Gasteiger charge is -2.42. The van der Waals surface area contributed by atoms with Crippen molar-refractivity contribution >= 4 is 23.3 Å². The molecule has 0 spiro atoms. The number of hydrogen-bond acceptors (Lipinski definition) is 5. The number of anilines is 2. The van der Waals surface area contributed by atoms with Crippen LogP contribution in [0, 0.1) is 5.41 Å². The van der Waals surface area contributed by atoms with Gasteiger partial charge in [0.15, 0.2) is 11.5 Å². The first kappa shape index (κ1) is 23.9. The number of nitrogens with one attached hydrogen (secondary N) is 1. The molecule has 2 heterocycles. The monoisotopic (exact) mass is 464 g/mol. The van der Waals surface area contributed by atoms with Crippen LogP contribution in [0.1, 0.15) is 53.0 Å². The highest BCUT2D eigenvalue weighted by Crippen LogP contribution is 2.49. The van der Waals surface area contributed by atoms with E-state index in [9.17, 15) is 4.79 Å². The molecule has 1 N–H and O–H groups in total. The number of carbonyl (C=O) groups excluding carboxylic acids is 1. The van der Waals surface area contributed by atoms with Crippen LogP contribution in [0.2, 0.25) is 0 Å². The van der Waals surface area contributed by atoms with E-state index in [2.05, 4.69) is 30.9 Å². The van der Waals surface area contributed by atoms with Crippen LogP contribution in [-0.4, -0.2) is 59.6 Å². The van der Waals surface area contributed by atoms with Crippen molar-refractivity contribution in [2.75, 3.05) is 31.1 Å². The van der Waals surface area contributed by atoms with Crippen molar-refractivity contribution in [2.45, 2.75) is 59.1 Å². The van der Waals surface area contributed by atoms with Gasteiger partial charge in [0, 0.05) is 37.8 Å². The van der Waals surface area contributed by atoms with Gasteiger partial charge in [-0.3, -0.25) is 5.41 Å². The number of piperidine rings is 1. The summed E-state index contributed by atoms with van der Waals surface area (Å²) >= 11 is 0. The second-order valence-corrected chi connectivity index (χ2v) is 9.84. The van der Waals surface area contributed by atoms with Gasteiger partial charge in [-0.15, -0.1) is 0 Å². The molecule has 0 saturated carbocycles. The number of hydrogen-bond donors (Lipinski definition) is 1. The molecule has 0 aromatic heterocycles. The van der Waals surface area contributed by atoms with Crippen molar-refractivity contribution in [3.05, 3.63) is 48.0 Å². The highest BCUT2D eigenvalue weighted by molar-refractivity contribution is 5.98. The lowest BCUT2D eigenvalue weighted by atomic mass is 9.99. The molecule has 2 aliphatic rings. The summed E-state index contributed by atoms with van der Waals surface area (Å²) < 4.78 is 11.9. The van der Waals surface area contributed by atoms with Crippen molar-refractivity contribution in [2.24, 2.45) is 0 Å². The molecule has 0 unspecified atom stereocenters. The lowest BCUT2D eigenvalue weighted by molar-refractivity contribution is 0.0206. The van der Waals surface area contributed by atoms with Crippen LogP contribution in [0.4, 0.5) is 16.2 Å². The first-order valence-electron chi connectivity index (χ1n) is 12.2. The highest BCUT2D eigenvalue weighted by Gasteiger charge is 2.34. The van der Waals surface area contributed by atoms with Crippen LogP contribution in [0.3, 0.4) is 0 Å². The Morgan fingerprint density at radius 1 is 1.06 bits per heavy atom. The molecule has 2 aliphatic heterocycles.